The molecule has 0 aromatic heterocycles. The van der Waals surface area contributed by atoms with Gasteiger partial charge in [0, 0.05) is 11.6 Å². The standard InChI is InChI=1S/C13H10FNO4/c14-10-5-3-4-9(8-16)13(10)19-12-7-2-1-6-11(12)15(17)18/h1-7,16H,8H2. The molecule has 0 spiro atoms. The summed E-state index contributed by atoms with van der Waals surface area (Å²) < 4.78 is 18.9. The molecule has 2 aromatic carbocycles. The van der Waals surface area contributed by atoms with E-state index in [0.717, 1.165) is 6.07 Å². The van der Waals surface area contributed by atoms with Gasteiger partial charge in [0.25, 0.3) is 0 Å². The first-order valence-electron chi connectivity index (χ1n) is 5.43. The first-order chi connectivity index (χ1) is 9.13. The van der Waals surface area contributed by atoms with Crippen molar-refractivity contribution in [3.05, 3.63) is 64.0 Å². The molecule has 0 bridgehead atoms. The highest BCUT2D eigenvalue weighted by Crippen LogP contribution is 2.34. The summed E-state index contributed by atoms with van der Waals surface area (Å²) in [4.78, 5) is 10.2. The van der Waals surface area contributed by atoms with E-state index in [4.69, 9.17) is 9.84 Å². The zero-order valence-electron chi connectivity index (χ0n) is 9.75. The molecule has 0 atom stereocenters. The first kappa shape index (κ1) is 13.0. The Balaban J connectivity index is 2.45. The maximum absolute atomic E-state index is 13.6. The normalized spacial score (nSPS) is 10.2. The molecule has 0 saturated heterocycles. The van der Waals surface area contributed by atoms with Crippen molar-refractivity contribution in [3.8, 4) is 11.5 Å². The average Bonchev–Trinajstić information content (AvgIpc) is 2.41. The molecule has 0 aliphatic rings. The van der Waals surface area contributed by atoms with Crippen molar-refractivity contribution < 1.29 is 19.2 Å². The molecule has 2 rings (SSSR count). The van der Waals surface area contributed by atoms with Crippen molar-refractivity contribution in [1.82, 2.24) is 0 Å². The first-order valence-corrected chi connectivity index (χ1v) is 5.43. The second-order valence-electron chi connectivity index (χ2n) is 3.71. The monoisotopic (exact) mass is 263 g/mol. The quantitative estimate of drug-likeness (QED) is 0.679. The van der Waals surface area contributed by atoms with Gasteiger partial charge < -0.3 is 9.84 Å². The predicted octanol–water partition coefficient (Wildman–Crippen LogP) is 3.02. The Bertz CT molecular complexity index is 615. The number of ether oxygens (including phenoxy) is 1. The van der Waals surface area contributed by atoms with E-state index >= 15 is 0 Å². The Morgan fingerprint density at radius 3 is 2.63 bits per heavy atom. The van der Waals surface area contributed by atoms with Crippen LogP contribution in [0.1, 0.15) is 5.56 Å². The fraction of sp³-hybridized carbons (Fsp3) is 0.0769. The molecule has 0 aliphatic heterocycles. The smallest absolute Gasteiger partial charge is 0.311 e. The molecule has 5 nitrogen and oxygen atoms in total. The molecule has 19 heavy (non-hydrogen) atoms. The molecular formula is C13H10FNO4. The highest BCUT2D eigenvalue weighted by molar-refractivity contribution is 5.49. The van der Waals surface area contributed by atoms with Crippen LogP contribution in [0.5, 0.6) is 11.5 Å². The summed E-state index contributed by atoms with van der Waals surface area (Å²) in [5.41, 5.74) is -0.0483. The number of hydrogen-bond acceptors (Lipinski definition) is 4. The molecule has 0 fully saturated rings. The summed E-state index contributed by atoms with van der Waals surface area (Å²) in [6.45, 7) is -0.423. The summed E-state index contributed by atoms with van der Waals surface area (Å²) in [5, 5.41) is 20.0. The summed E-state index contributed by atoms with van der Waals surface area (Å²) in [6, 6.07) is 9.71. The molecule has 0 unspecified atom stereocenters. The highest BCUT2D eigenvalue weighted by Gasteiger charge is 2.17. The van der Waals surface area contributed by atoms with Gasteiger partial charge in [0.2, 0.25) is 5.75 Å². The van der Waals surface area contributed by atoms with Gasteiger partial charge in [0.15, 0.2) is 11.6 Å². The molecular weight excluding hydrogens is 253 g/mol. The van der Waals surface area contributed by atoms with E-state index in [1.807, 2.05) is 0 Å². The van der Waals surface area contributed by atoms with Crippen LogP contribution in [0.4, 0.5) is 10.1 Å². The maximum Gasteiger partial charge on any atom is 0.311 e. The molecule has 0 amide bonds. The molecule has 0 radical (unpaired) electrons. The number of rotatable bonds is 4. The molecule has 2 aromatic rings. The topological polar surface area (TPSA) is 72.6 Å². The van der Waals surface area contributed by atoms with Crippen molar-refractivity contribution in [2.24, 2.45) is 0 Å². The van der Waals surface area contributed by atoms with Crippen LogP contribution in [0.25, 0.3) is 0 Å². The van der Waals surface area contributed by atoms with E-state index in [1.54, 1.807) is 6.07 Å². The summed E-state index contributed by atoms with van der Waals surface area (Å²) in [7, 11) is 0. The van der Waals surface area contributed by atoms with Gasteiger partial charge in [-0.2, -0.15) is 0 Å². The molecule has 1 N–H and O–H groups in total. The van der Waals surface area contributed by atoms with Crippen LogP contribution in [0, 0.1) is 15.9 Å². The minimum absolute atomic E-state index is 0.0766. The van der Waals surface area contributed by atoms with Crippen LogP contribution in [0.3, 0.4) is 0 Å². The number of nitro groups is 1. The lowest BCUT2D eigenvalue weighted by Crippen LogP contribution is -1.98. The average molecular weight is 263 g/mol. The van der Waals surface area contributed by atoms with Crippen molar-refractivity contribution in [2.75, 3.05) is 0 Å². The number of benzene rings is 2. The lowest BCUT2D eigenvalue weighted by atomic mass is 10.2. The third kappa shape index (κ3) is 2.69. The van der Waals surface area contributed by atoms with Crippen molar-refractivity contribution in [3.63, 3.8) is 0 Å². The van der Waals surface area contributed by atoms with Gasteiger partial charge in [-0.25, -0.2) is 4.39 Å². The molecule has 0 saturated carbocycles. The molecule has 6 heteroatoms. The second-order valence-corrected chi connectivity index (χ2v) is 3.71. The van der Waals surface area contributed by atoms with Gasteiger partial charge in [-0.3, -0.25) is 10.1 Å². The highest BCUT2D eigenvalue weighted by atomic mass is 19.1. The fourth-order valence-electron chi connectivity index (χ4n) is 1.60. The third-order valence-electron chi connectivity index (χ3n) is 2.49. The SMILES string of the molecule is O=[N+]([O-])c1ccccc1Oc1c(F)cccc1CO. The van der Waals surface area contributed by atoms with Crippen molar-refractivity contribution in [2.45, 2.75) is 6.61 Å². The van der Waals surface area contributed by atoms with E-state index in [0.29, 0.717) is 0 Å². The summed E-state index contributed by atoms with van der Waals surface area (Å²) >= 11 is 0. The van der Waals surface area contributed by atoms with Gasteiger partial charge in [0.05, 0.1) is 11.5 Å². The van der Waals surface area contributed by atoms with Gasteiger partial charge in [0.1, 0.15) is 0 Å². The number of hydrogen-bond donors (Lipinski definition) is 1. The predicted molar refractivity (Wildman–Crippen MR) is 65.5 cm³/mol. The lowest BCUT2D eigenvalue weighted by Gasteiger charge is -2.10. The fourth-order valence-corrected chi connectivity index (χ4v) is 1.60. The van der Waals surface area contributed by atoms with Crippen LogP contribution in [0.15, 0.2) is 42.5 Å². The number of para-hydroxylation sites is 3. The van der Waals surface area contributed by atoms with Crippen LogP contribution in [-0.2, 0) is 6.61 Å². The maximum atomic E-state index is 13.6. The minimum atomic E-state index is -0.690. The largest absolute Gasteiger partial charge is 0.447 e. The zero-order valence-corrected chi connectivity index (χ0v) is 9.75. The summed E-state index contributed by atoms with van der Waals surface area (Å²) in [5.74, 6) is -0.976. The number of aliphatic hydroxyl groups excluding tert-OH is 1. The molecule has 98 valence electrons. The van der Waals surface area contributed by atoms with E-state index in [9.17, 15) is 14.5 Å². The van der Waals surface area contributed by atoms with E-state index in [2.05, 4.69) is 0 Å². The van der Waals surface area contributed by atoms with Crippen LogP contribution in [-0.4, -0.2) is 10.0 Å². The number of nitrogens with zero attached hydrogens (tertiary/aromatic N) is 1. The molecule has 0 heterocycles. The van der Waals surface area contributed by atoms with Gasteiger partial charge in [-0.1, -0.05) is 24.3 Å². The number of aliphatic hydroxyl groups is 1. The van der Waals surface area contributed by atoms with Crippen LogP contribution >= 0.6 is 0 Å². The van der Waals surface area contributed by atoms with Crippen molar-refractivity contribution >= 4 is 5.69 Å². The Hall–Kier alpha value is -2.47. The number of nitro benzene ring substituents is 1. The Morgan fingerprint density at radius 2 is 1.95 bits per heavy atom. The summed E-state index contributed by atoms with van der Waals surface area (Å²) in [6.07, 6.45) is 0. The van der Waals surface area contributed by atoms with Crippen LogP contribution < -0.4 is 4.74 Å². The number of halogens is 1. The van der Waals surface area contributed by atoms with E-state index < -0.39 is 17.3 Å². The Morgan fingerprint density at radius 1 is 1.21 bits per heavy atom. The van der Waals surface area contributed by atoms with E-state index in [1.165, 1.54) is 30.3 Å². The molecule has 0 aliphatic carbocycles. The Labute approximate surface area is 108 Å². The van der Waals surface area contributed by atoms with E-state index in [-0.39, 0.29) is 22.7 Å². The van der Waals surface area contributed by atoms with Crippen molar-refractivity contribution in [1.29, 1.82) is 0 Å². The minimum Gasteiger partial charge on any atom is -0.447 e. The zero-order chi connectivity index (χ0) is 13.8. The van der Waals surface area contributed by atoms with Gasteiger partial charge >= 0.3 is 5.69 Å². The van der Waals surface area contributed by atoms with Gasteiger partial charge in [-0.05, 0) is 12.1 Å². The third-order valence-corrected chi connectivity index (χ3v) is 2.49. The van der Waals surface area contributed by atoms with Crippen LogP contribution in [0.2, 0.25) is 0 Å². The Kier molecular flexibility index (Phi) is 3.72. The second kappa shape index (κ2) is 5.45. The lowest BCUT2D eigenvalue weighted by molar-refractivity contribution is -0.385. The van der Waals surface area contributed by atoms with Gasteiger partial charge in [-0.15, -0.1) is 0 Å².